The number of aryl methyl sites for hydroxylation is 1. The van der Waals surface area contributed by atoms with Crippen molar-refractivity contribution < 1.29 is 9.53 Å². The smallest absolute Gasteiger partial charge is 0.407 e. The van der Waals surface area contributed by atoms with Crippen LogP contribution in [-0.4, -0.2) is 23.8 Å². The average molecular weight is 371 g/mol. The maximum Gasteiger partial charge on any atom is 0.407 e. The van der Waals surface area contributed by atoms with Gasteiger partial charge in [-0.2, -0.15) is 0 Å². The summed E-state index contributed by atoms with van der Waals surface area (Å²) in [7, 11) is 0. The Morgan fingerprint density at radius 1 is 1.25 bits per heavy atom. The number of fused-ring (bicyclic) bond motifs is 1. The van der Waals surface area contributed by atoms with E-state index < -0.39 is 5.60 Å². The number of halogens is 1. The lowest BCUT2D eigenvalue weighted by molar-refractivity contribution is 0.0496. The van der Waals surface area contributed by atoms with Crippen molar-refractivity contribution in [3.8, 4) is 0 Å². The van der Waals surface area contributed by atoms with E-state index in [9.17, 15) is 4.79 Å². The van der Waals surface area contributed by atoms with Gasteiger partial charge in [-0.15, -0.1) is 11.3 Å². The maximum atomic E-state index is 12.1. The van der Waals surface area contributed by atoms with Crippen LogP contribution >= 0.6 is 22.9 Å². The van der Waals surface area contributed by atoms with Crippen molar-refractivity contribution in [3.63, 3.8) is 0 Å². The van der Waals surface area contributed by atoms with Gasteiger partial charge in [-0.1, -0.05) is 11.6 Å². The van der Waals surface area contributed by atoms with Gasteiger partial charge in [0.2, 0.25) is 0 Å². The first-order valence-corrected chi connectivity index (χ1v) is 10.0. The zero-order valence-electron chi connectivity index (χ0n) is 14.7. The Hall–Kier alpha value is -0.780. The third-order valence-electron chi connectivity index (χ3n) is 4.72. The molecule has 1 fully saturated rings. The molecule has 24 heavy (non-hydrogen) atoms. The molecule has 1 aromatic heterocycles. The first-order valence-electron chi connectivity index (χ1n) is 8.85. The largest absolute Gasteiger partial charge is 0.444 e. The normalized spacial score (nSPS) is 26.9. The van der Waals surface area contributed by atoms with E-state index in [4.69, 9.17) is 16.3 Å². The van der Waals surface area contributed by atoms with Crippen LogP contribution in [0.25, 0.3) is 0 Å². The van der Waals surface area contributed by atoms with Crippen LogP contribution in [0.2, 0.25) is 4.34 Å². The van der Waals surface area contributed by atoms with Gasteiger partial charge in [-0.05, 0) is 70.9 Å². The number of carbonyl (C=O) groups is 1. The van der Waals surface area contributed by atoms with E-state index in [2.05, 4.69) is 16.7 Å². The molecule has 0 spiro atoms. The second-order valence-electron chi connectivity index (χ2n) is 7.83. The molecule has 1 amide bonds. The molecule has 1 saturated carbocycles. The molecule has 3 atom stereocenters. The van der Waals surface area contributed by atoms with E-state index >= 15 is 0 Å². The van der Waals surface area contributed by atoms with Crippen molar-refractivity contribution in [1.82, 2.24) is 10.6 Å². The number of thiophene rings is 1. The molecule has 0 aliphatic heterocycles. The number of amides is 1. The Bertz CT molecular complexity index is 596. The summed E-state index contributed by atoms with van der Waals surface area (Å²) in [5.41, 5.74) is 0.899. The minimum atomic E-state index is -0.461. The van der Waals surface area contributed by atoms with Crippen LogP contribution < -0.4 is 10.6 Å². The van der Waals surface area contributed by atoms with Crippen LogP contribution in [0.4, 0.5) is 4.79 Å². The number of hydrogen-bond acceptors (Lipinski definition) is 4. The quantitative estimate of drug-likeness (QED) is 0.802. The summed E-state index contributed by atoms with van der Waals surface area (Å²) < 4.78 is 6.28. The molecule has 1 heterocycles. The first-order chi connectivity index (χ1) is 11.3. The molecule has 2 aliphatic carbocycles. The zero-order chi connectivity index (χ0) is 17.3. The molecule has 0 saturated heterocycles. The summed E-state index contributed by atoms with van der Waals surface area (Å²) in [5, 5.41) is 6.84. The lowest BCUT2D eigenvalue weighted by atomic mass is 9.93. The molecular formula is C18H27ClN2O2S. The fourth-order valence-corrected chi connectivity index (χ4v) is 5.13. The third kappa shape index (κ3) is 4.44. The van der Waals surface area contributed by atoms with Crippen molar-refractivity contribution in [3.05, 3.63) is 20.8 Å². The third-order valence-corrected chi connectivity index (χ3v) is 6.06. The second-order valence-corrected chi connectivity index (χ2v) is 9.60. The molecule has 0 radical (unpaired) electrons. The van der Waals surface area contributed by atoms with E-state index in [-0.39, 0.29) is 12.1 Å². The molecule has 0 bridgehead atoms. The second kappa shape index (κ2) is 7.22. The minimum absolute atomic E-state index is 0.138. The highest BCUT2D eigenvalue weighted by Crippen LogP contribution is 2.38. The van der Waals surface area contributed by atoms with Crippen LogP contribution in [0.15, 0.2) is 6.07 Å². The summed E-state index contributed by atoms with van der Waals surface area (Å²) in [6.45, 7) is 5.67. The molecule has 0 aromatic carbocycles. The summed E-state index contributed by atoms with van der Waals surface area (Å²) in [4.78, 5) is 13.5. The number of alkyl carbamates (subject to hydrolysis) is 1. The predicted octanol–water partition coefficient (Wildman–Crippen LogP) is 4.81. The van der Waals surface area contributed by atoms with E-state index in [0.717, 1.165) is 36.4 Å². The van der Waals surface area contributed by atoms with Crippen molar-refractivity contribution in [1.29, 1.82) is 0 Å². The Morgan fingerprint density at radius 3 is 2.75 bits per heavy atom. The lowest BCUT2D eigenvalue weighted by Crippen LogP contribution is -2.49. The molecule has 6 heteroatoms. The van der Waals surface area contributed by atoms with Crippen LogP contribution in [0.3, 0.4) is 0 Å². The number of hydrogen-bond donors (Lipinski definition) is 2. The van der Waals surface area contributed by atoms with Gasteiger partial charge in [0.25, 0.3) is 0 Å². The van der Waals surface area contributed by atoms with Gasteiger partial charge >= 0.3 is 6.09 Å². The Morgan fingerprint density at radius 2 is 2.00 bits per heavy atom. The van der Waals surface area contributed by atoms with Gasteiger partial charge < -0.3 is 15.4 Å². The highest BCUT2D eigenvalue weighted by Gasteiger charge is 2.33. The van der Waals surface area contributed by atoms with Crippen LogP contribution in [0, 0.1) is 0 Å². The zero-order valence-corrected chi connectivity index (χ0v) is 16.2. The van der Waals surface area contributed by atoms with Crippen LogP contribution in [0.5, 0.6) is 0 Å². The van der Waals surface area contributed by atoms with Gasteiger partial charge in [0.15, 0.2) is 0 Å². The van der Waals surface area contributed by atoms with Gasteiger partial charge in [-0.25, -0.2) is 4.79 Å². The van der Waals surface area contributed by atoms with Gasteiger partial charge in [0.05, 0.1) is 4.34 Å². The predicted molar refractivity (Wildman–Crippen MR) is 98.9 cm³/mol. The molecule has 4 nitrogen and oxygen atoms in total. The molecular weight excluding hydrogens is 344 g/mol. The Labute approximate surface area is 153 Å². The summed E-state index contributed by atoms with van der Waals surface area (Å²) in [6.07, 6.45) is 6.36. The summed E-state index contributed by atoms with van der Waals surface area (Å²) in [5.74, 6) is 0. The highest BCUT2D eigenvalue weighted by molar-refractivity contribution is 7.16. The Balaban J connectivity index is 1.61. The van der Waals surface area contributed by atoms with Crippen LogP contribution in [-0.2, 0) is 11.2 Å². The van der Waals surface area contributed by atoms with E-state index in [1.807, 2.05) is 20.8 Å². The van der Waals surface area contributed by atoms with E-state index in [1.165, 1.54) is 16.9 Å². The van der Waals surface area contributed by atoms with Crippen molar-refractivity contribution in [2.75, 3.05) is 0 Å². The number of carbonyl (C=O) groups excluding carboxylic acids is 1. The number of nitrogens with one attached hydrogen (secondary N) is 2. The fraction of sp³-hybridized carbons (Fsp3) is 0.722. The van der Waals surface area contributed by atoms with Gasteiger partial charge in [-0.3, -0.25) is 0 Å². The van der Waals surface area contributed by atoms with Crippen molar-refractivity contribution >= 4 is 29.0 Å². The van der Waals surface area contributed by atoms with Gasteiger partial charge in [0.1, 0.15) is 5.60 Å². The topological polar surface area (TPSA) is 50.4 Å². The molecule has 3 rings (SSSR count). The molecule has 134 valence electrons. The van der Waals surface area contributed by atoms with Crippen LogP contribution in [0.1, 0.15) is 69.4 Å². The summed E-state index contributed by atoms with van der Waals surface area (Å²) in [6, 6.07) is 2.90. The monoisotopic (exact) mass is 370 g/mol. The first kappa shape index (κ1) is 18.0. The average Bonchev–Trinajstić information content (AvgIpc) is 3.03. The van der Waals surface area contributed by atoms with Crippen molar-refractivity contribution in [2.24, 2.45) is 0 Å². The maximum absolute atomic E-state index is 12.1. The molecule has 1 aromatic rings. The van der Waals surface area contributed by atoms with Gasteiger partial charge in [0, 0.05) is 23.0 Å². The van der Waals surface area contributed by atoms with E-state index in [1.54, 1.807) is 11.3 Å². The highest BCUT2D eigenvalue weighted by atomic mass is 35.5. The Kier molecular flexibility index (Phi) is 5.42. The van der Waals surface area contributed by atoms with Crippen molar-refractivity contribution in [2.45, 2.75) is 83.0 Å². The minimum Gasteiger partial charge on any atom is -0.444 e. The number of rotatable bonds is 3. The molecule has 2 aliphatic rings. The molecule has 3 unspecified atom stereocenters. The standard InChI is InChI=1S/C18H27ClN2O2S/c1-18(2,3)23-17(22)21-14-8-4-7-13(14)20-12-6-5-9-15-11(12)10-16(19)24-15/h10,12-14,20H,4-9H2,1-3H3,(H,21,22). The SMILES string of the molecule is CC(C)(C)OC(=O)NC1CCCC1NC1CCCc2sc(Cl)cc21. The summed E-state index contributed by atoms with van der Waals surface area (Å²) >= 11 is 7.91. The number of ether oxygens (including phenoxy) is 1. The van der Waals surface area contributed by atoms with E-state index in [0.29, 0.717) is 12.1 Å². The fourth-order valence-electron chi connectivity index (χ4n) is 3.74. The molecule has 2 N–H and O–H groups in total. The lowest BCUT2D eigenvalue weighted by Gasteiger charge is -2.31.